The van der Waals surface area contributed by atoms with Crippen LogP contribution >= 0.6 is 0 Å². The molecule has 0 saturated heterocycles. The van der Waals surface area contributed by atoms with Crippen molar-refractivity contribution < 1.29 is 14.3 Å². The molecule has 0 aliphatic heterocycles. The third kappa shape index (κ3) is 2.79. The van der Waals surface area contributed by atoms with Crippen LogP contribution in [-0.4, -0.2) is 11.0 Å². The Labute approximate surface area is 86.9 Å². The topological polar surface area (TPSA) is 49.3 Å². The van der Waals surface area contributed by atoms with Gasteiger partial charge < -0.3 is 10.4 Å². The lowest BCUT2D eigenvalue weighted by Gasteiger charge is -2.11. The fourth-order valence-electron chi connectivity index (χ4n) is 1.15. The van der Waals surface area contributed by atoms with Gasteiger partial charge in [0, 0.05) is 12.5 Å². The Morgan fingerprint density at radius 3 is 2.87 bits per heavy atom. The smallest absolute Gasteiger partial charge is 0.221 e. The van der Waals surface area contributed by atoms with E-state index in [1.165, 1.54) is 19.1 Å². The first-order valence-electron chi connectivity index (χ1n) is 4.26. The predicted octanol–water partition coefficient (Wildman–Crippen LogP) is 1.45. The summed E-state index contributed by atoms with van der Waals surface area (Å²) in [5, 5.41) is 11.8. The van der Waals surface area contributed by atoms with Gasteiger partial charge in [-0.1, -0.05) is 12.0 Å². The van der Waals surface area contributed by atoms with Crippen LogP contribution in [0.25, 0.3) is 0 Å². The van der Waals surface area contributed by atoms with E-state index < -0.39 is 11.9 Å². The number of carbonyl (C=O) groups excluding carboxylic acids is 1. The third-order valence-corrected chi connectivity index (χ3v) is 1.78. The first-order valence-corrected chi connectivity index (χ1v) is 4.26. The summed E-state index contributed by atoms with van der Waals surface area (Å²) < 4.78 is 12.9. The van der Waals surface area contributed by atoms with Gasteiger partial charge in [-0.2, -0.15) is 0 Å². The van der Waals surface area contributed by atoms with E-state index in [4.69, 9.17) is 6.42 Å². The van der Waals surface area contributed by atoms with Gasteiger partial charge in [0.05, 0.1) is 5.69 Å². The molecule has 1 aromatic carbocycles. The lowest BCUT2D eigenvalue weighted by atomic mass is 10.1. The molecule has 0 aromatic heterocycles. The van der Waals surface area contributed by atoms with Crippen molar-refractivity contribution in [1.29, 1.82) is 0 Å². The number of anilines is 1. The highest BCUT2D eigenvalue weighted by Gasteiger charge is 2.11. The Balaban J connectivity index is 3.15. The molecule has 1 amide bonds. The molecule has 0 fully saturated rings. The van der Waals surface area contributed by atoms with E-state index in [0.717, 1.165) is 6.07 Å². The third-order valence-electron chi connectivity index (χ3n) is 1.78. The van der Waals surface area contributed by atoms with E-state index in [2.05, 4.69) is 11.2 Å². The molecular formula is C11H10FNO2. The SMILES string of the molecule is C#CC(O)c1ccc(F)cc1NC(C)=O. The Kier molecular flexibility index (Phi) is 3.42. The first kappa shape index (κ1) is 11.2. The number of nitrogens with one attached hydrogen (secondary N) is 1. The van der Waals surface area contributed by atoms with Crippen molar-refractivity contribution in [1.82, 2.24) is 0 Å². The summed E-state index contributed by atoms with van der Waals surface area (Å²) in [5.74, 6) is 1.23. The standard InChI is InChI=1S/C11H10FNO2/c1-3-11(15)9-5-4-8(12)6-10(9)13-7(2)14/h1,4-6,11,15H,2H3,(H,13,14). The van der Waals surface area contributed by atoms with Crippen LogP contribution < -0.4 is 5.32 Å². The van der Waals surface area contributed by atoms with Gasteiger partial charge in [0.25, 0.3) is 0 Å². The fraction of sp³-hybridized carbons (Fsp3) is 0.182. The van der Waals surface area contributed by atoms with Gasteiger partial charge in [-0.3, -0.25) is 4.79 Å². The molecule has 4 heteroatoms. The average molecular weight is 207 g/mol. The molecule has 0 heterocycles. The highest BCUT2D eigenvalue weighted by Crippen LogP contribution is 2.23. The van der Waals surface area contributed by atoms with Gasteiger partial charge in [-0.05, 0) is 12.1 Å². The summed E-state index contributed by atoms with van der Waals surface area (Å²) in [6, 6.07) is 3.61. The number of halogens is 1. The molecule has 3 nitrogen and oxygen atoms in total. The van der Waals surface area contributed by atoms with Crippen LogP contribution in [0.15, 0.2) is 18.2 Å². The highest BCUT2D eigenvalue weighted by atomic mass is 19.1. The number of hydrogen-bond donors (Lipinski definition) is 2. The second-order valence-corrected chi connectivity index (χ2v) is 2.98. The largest absolute Gasteiger partial charge is 0.376 e. The van der Waals surface area contributed by atoms with Crippen molar-refractivity contribution in [2.75, 3.05) is 5.32 Å². The van der Waals surface area contributed by atoms with E-state index in [-0.39, 0.29) is 11.6 Å². The van der Waals surface area contributed by atoms with Gasteiger partial charge in [-0.25, -0.2) is 4.39 Å². The Bertz CT molecular complexity index is 423. The molecule has 15 heavy (non-hydrogen) atoms. The Morgan fingerprint density at radius 1 is 1.67 bits per heavy atom. The van der Waals surface area contributed by atoms with E-state index in [9.17, 15) is 14.3 Å². The maximum atomic E-state index is 12.9. The number of aliphatic hydroxyl groups excluding tert-OH is 1. The van der Waals surface area contributed by atoms with Crippen LogP contribution in [0.5, 0.6) is 0 Å². The zero-order chi connectivity index (χ0) is 11.4. The number of hydrogen-bond acceptors (Lipinski definition) is 2. The number of benzene rings is 1. The predicted molar refractivity (Wildman–Crippen MR) is 54.5 cm³/mol. The summed E-state index contributed by atoms with van der Waals surface area (Å²) >= 11 is 0. The summed E-state index contributed by atoms with van der Waals surface area (Å²) in [4.78, 5) is 10.8. The second-order valence-electron chi connectivity index (χ2n) is 2.98. The van der Waals surface area contributed by atoms with Crippen molar-refractivity contribution in [2.45, 2.75) is 13.0 Å². The van der Waals surface area contributed by atoms with Gasteiger partial charge in [0.15, 0.2) is 0 Å². The summed E-state index contributed by atoms with van der Waals surface area (Å²) in [6.45, 7) is 1.29. The maximum absolute atomic E-state index is 12.9. The molecule has 1 rings (SSSR count). The summed E-state index contributed by atoms with van der Waals surface area (Å²) in [5.41, 5.74) is 0.488. The number of carbonyl (C=O) groups is 1. The van der Waals surface area contributed by atoms with Crippen LogP contribution in [0.4, 0.5) is 10.1 Å². The molecule has 0 aliphatic rings. The molecule has 78 valence electrons. The Morgan fingerprint density at radius 2 is 2.33 bits per heavy atom. The lowest BCUT2D eigenvalue weighted by Crippen LogP contribution is -2.10. The van der Waals surface area contributed by atoms with Crippen molar-refractivity contribution in [3.8, 4) is 12.3 Å². The van der Waals surface area contributed by atoms with Crippen molar-refractivity contribution in [2.24, 2.45) is 0 Å². The van der Waals surface area contributed by atoms with Crippen LogP contribution in [0.2, 0.25) is 0 Å². The number of amides is 1. The molecule has 0 radical (unpaired) electrons. The van der Waals surface area contributed by atoms with Crippen LogP contribution in [0.3, 0.4) is 0 Å². The van der Waals surface area contributed by atoms with E-state index in [1.807, 2.05) is 0 Å². The monoisotopic (exact) mass is 207 g/mol. The molecule has 2 N–H and O–H groups in total. The quantitative estimate of drug-likeness (QED) is 0.721. The lowest BCUT2D eigenvalue weighted by molar-refractivity contribution is -0.114. The van der Waals surface area contributed by atoms with E-state index >= 15 is 0 Å². The maximum Gasteiger partial charge on any atom is 0.221 e. The van der Waals surface area contributed by atoms with Gasteiger partial charge in [-0.15, -0.1) is 6.42 Å². The first-order chi connectivity index (χ1) is 7.04. The van der Waals surface area contributed by atoms with Crippen LogP contribution in [0.1, 0.15) is 18.6 Å². The fourth-order valence-corrected chi connectivity index (χ4v) is 1.15. The van der Waals surface area contributed by atoms with Crippen molar-refractivity contribution >= 4 is 11.6 Å². The number of aliphatic hydroxyl groups is 1. The normalized spacial score (nSPS) is 11.6. The van der Waals surface area contributed by atoms with E-state index in [1.54, 1.807) is 0 Å². The molecule has 1 atom stereocenters. The van der Waals surface area contributed by atoms with E-state index in [0.29, 0.717) is 5.56 Å². The number of rotatable bonds is 2. The Hall–Kier alpha value is -1.86. The van der Waals surface area contributed by atoms with Gasteiger partial charge >= 0.3 is 0 Å². The minimum Gasteiger partial charge on any atom is -0.376 e. The summed E-state index contributed by atoms with van der Waals surface area (Å²) in [6.07, 6.45) is 3.88. The highest BCUT2D eigenvalue weighted by molar-refractivity contribution is 5.89. The van der Waals surface area contributed by atoms with Crippen molar-refractivity contribution in [3.05, 3.63) is 29.6 Å². The average Bonchev–Trinajstić information content (AvgIpc) is 2.16. The minimum absolute atomic E-state index is 0.188. The number of terminal acetylenes is 1. The zero-order valence-corrected chi connectivity index (χ0v) is 8.12. The minimum atomic E-state index is -1.16. The van der Waals surface area contributed by atoms with Crippen molar-refractivity contribution in [3.63, 3.8) is 0 Å². The molecule has 1 aromatic rings. The molecule has 0 aliphatic carbocycles. The molecule has 0 spiro atoms. The second kappa shape index (κ2) is 4.58. The van der Waals surface area contributed by atoms with Crippen LogP contribution in [-0.2, 0) is 4.79 Å². The summed E-state index contributed by atoms with van der Waals surface area (Å²) in [7, 11) is 0. The molecule has 0 saturated carbocycles. The molecular weight excluding hydrogens is 197 g/mol. The van der Waals surface area contributed by atoms with Crippen LogP contribution in [0, 0.1) is 18.2 Å². The van der Waals surface area contributed by atoms with Gasteiger partial charge in [0.1, 0.15) is 11.9 Å². The zero-order valence-electron chi connectivity index (χ0n) is 8.12. The molecule has 0 bridgehead atoms. The molecule has 1 unspecified atom stereocenters. The van der Waals surface area contributed by atoms with Gasteiger partial charge in [0.2, 0.25) is 5.91 Å².